The highest BCUT2D eigenvalue weighted by Crippen LogP contribution is 2.45. The third-order valence-electron chi connectivity index (χ3n) is 19.3. The first-order valence-electron chi connectivity index (χ1n) is 41.3. The van der Waals surface area contributed by atoms with Gasteiger partial charge in [-0.05, 0) is 49.4 Å². The van der Waals surface area contributed by atoms with Gasteiger partial charge in [0.1, 0.15) is 19.3 Å². The Kier molecular flexibility index (Phi) is 67.8. The Morgan fingerprint density at radius 2 is 0.485 bits per heavy atom. The molecule has 0 aromatic carbocycles. The molecule has 0 heterocycles. The minimum absolute atomic E-state index is 0.103. The molecule has 0 spiro atoms. The van der Waals surface area contributed by atoms with E-state index in [1.165, 1.54) is 205 Å². The molecule has 0 aromatic rings. The number of unbranched alkanes of at least 4 members (excludes halogenated alkanes) is 41. The lowest BCUT2D eigenvalue weighted by Crippen LogP contribution is -2.30. The number of aliphatic hydroxyl groups excluding tert-OH is 1. The van der Waals surface area contributed by atoms with Crippen LogP contribution in [0.3, 0.4) is 0 Å². The van der Waals surface area contributed by atoms with Crippen molar-refractivity contribution < 1.29 is 80.2 Å². The molecule has 0 aliphatic rings. The van der Waals surface area contributed by atoms with Gasteiger partial charge in [0.2, 0.25) is 0 Å². The van der Waals surface area contributed by atoms with Crippen LogP contribution in [-0.2, 0) is 65.4 Å². The summed E-state index contributed by atoms with van der Waals surface area (Å²) in [5.41, 5.74) is 0. The summed E-state index contributed by atoms with van der Waals surface area (Å²) in [7, 11) is -9.92. The predicted octanol–water partition coefficient (Wildman–Crippen LogP) is 23.6. The topological polar surface area (TPSA) is 237 Å². The number of carbonyl (C=O) groups excluding carboxylic acids is 4. The fourth-order valence-electron chi connectivity index (χ4n) is 12.2. The summed E-state index contributed by atoms with van der Waals surface area (Å²) in [5, 5.41) is 10.6. The van der Waals surface area contributed by atoms with Gasteiger partial charge in [0.05, 0.1) is 26.4 Å². The maximum absolute atomic E-state index is 13.1. The number of phosphoric acid groups is 2. The molecule has 0 radical (unpaired) electrons. The summed E-state index contributed by atoms with van der Waals surface area (Å²) in [6.45, 7) is 14.2. The van der Waals surface area contributed by atoms with Gasteiger partial charge in [0.15, 0.2) is 12.2 Å². The second-order valence-corrected chi connectivity index (χ2v) is 33.1. The first-order valence-corrected chi connectivity index (χ1v) is 44.3. The molecule has 4 unspecified atom stereocenters. The first-order chi connectivity index (χ1) is 47.7. The van der Waals surface area contributed by atoms with Crippen molar-refractivity contribution >= 4 is 39.5 Å². The van der Waals surface area contributed by atoms with Crippen molar-refractivity contribution in [3.8, 4) is 0 Å². The lowest BCUT2D eigenvalue weighted by atomic mass is 9.99. The van der Waals surface area contributed by atoms with E-state index in [1.54, 1.807) is 0 Å². The van der Waals surface area contributed by atoms with Crippen LogP contribution in [0.2, 0.25) is 0 Å². The van der Waals surface area contributed by atoms with Crippen LogP contribution < -0.4 is 0 Å². The normalized spacial score (nSPS) is 14.6. The summed E-state index contributed by atoms with van der Waals surface area (Å²) in [5.74, 6) is 0.990. The number of rotatable bonds is 77. The summed E-state index contributed by atoms with van der Waals surface area (Å²) in [6, 6.07) is 0. The van der Waals surface area contributed by atoms with Gasteiger partial charge in [-0.25, -0.2) is 9.13 Å². The van der Waals surface area contributed by atoms with Gasteiger partial charge in [-0.2, -0.15) is 0 Å². The van der Waals surface area contributed by atoms with Crippen molar-refractivity contribution in [2.45, 2.75) is 427 Å². The van der Waals surface area contributed by atoms with Crippen molar-refractivity contribution in [1.82, 2.24) is 0 Å². The van der Waals surface area contributed by atoms with Gasteiger partial charge in [-0.15, -0.1) is 0 Å². The van der Waals surface area contributed by atoms with E-state index in [1.807, 2.05) is 0 Å². The zero-order valence-electron chi connectivity index (χ0n) is 65.1. The number of carbonyl (C=O) groups is 4. The van der Waals surface area contributed by atoms with Gasteiger partial charge in [0, 0.05) is 25.7 Å². The summed E-state index contributed by atoms with van der Waals surface area (Å²) < 4.78 is 68.6. The molecular formula is C80H156O17P2. The fourth-order valence-corrected chi connectivity index (χ4v) is 13.8. The summed E-state index contributed by atoms with van der Waals surface area (Å²) in [4.78, 5) is 72.9. The summed E-state index contributed by atoms with van der Waals surface area (Å²) in [6.07, 6.45) is 55.7. The number of esters is 4. The molecular weight excluding hydrogens is 1290 g/mol. The highest BCUT2D eigenvalue weighted by Gasteiger charge is 2.30. The number of ether oxygens (including phenoxy) is 4. The zero-order valence-corrected chi connectivity index (χ0v) is 66.9. The van der Waals surface area contributed by atoms with Gasteiger partial charge in [-0.1, -0.05) is 357 Å². The highest BCUT2D eigenvalue weighted by atomic mass is 31.2. The van der Waals surface area contributed by atoms with Crippen molar-refractivity contribution in [3.05, 3.63) is 0 Å². The van der Waals surface area contributed by atoms with E-state index >= 15 is 0 Å². The molecule has 17 nitrogen and oxygen atoms in total. The molecule has 0 saturated heterocycles. The van der Waals surface area contributed by atoms with Gasteiger partial charge >= 0.3 is 39.5 Å². The maximum Gasteiger partial charge on any atom is 0.472 e. The molecule has 0 rings (SSSR count). The molecule has 0 saturated carbocycles. The van der Waals surface area contributed by atoms with E-state index in [-0.39, 0.29) is 25.7 Å². The van der Waals surface area contributed by atoms with Crippen molar-refractivity contribution in [2.75, 3.05) is 39.6 Å². The molecule has 0 aliphatic heterocycles. The molecule has 0 aromatic heterocycles. The molecule has 3 N–H and O–H groups in total. The number of hydrogen-bond donors (Lipinski definition) is 3. The smallest absolute Gasteiger partial charge is 0.462 e. The minimum atomic E-state index is -4.96. The van der Waals surface area contributed by atoms with Crippen molar-refractivity contribution in [2.24, 2.45) is 23.7 Å². The van der Waals surface area contributed by atoms with Crippen LogP contribution in [0.25, 0.3) is 0 Å². The monoisotopic (exact) mass is 1450 g/mol. The Morgan fingerprint density at radius 3 is 0.717 bits per heavy atom. The lowest BCUT2D eigenvalue weighted by molar-refractivity contribution is -0.161. The molecule has 0 amide bonds. The molecule has 0 fully saturated rings. The molecule has 99 heavy (non-hydrogen) atoms. The number of hydrogen-bond acceptors (Lipinski definition) is 15. The van der Waals surface area contributed by atoms with E-state index in [0.717, 1.165) is 120 Å². The molecule has 588 valence electrons. The maximum atomic E-state index is 13.1. The van der Waals surface area contributed by atoms with Crippen LogP contribution >= 0.6 is 15.6 Å². The van der Waals surface area contributed by atoms with Crippen LogP contribution in [-0.4, -0.2) is 96.7 Å². The Balaban J connectivity index is 5.19. The third kappa shape index (κ3) is 71.5. The van der Waals surface area contributed by atoms with E-state index < -0.39 is 97.5 Å². The average molecular weight is 1450 g/mol. The standard InChI is InChI=1S/C80H156O17P2/c1-9-72(7)58-50-42-34-27-23-19-15-13-11-12-14-16-20-24-28-35-44-52-60-77(82)90-66-75(96-79(84)62-54-46-36-29-25-21-17-18-22-26-32-40-48-56-70(3)4)68-94-98(86,87)92-64-74(81)65-93-99(88,89)95-69-76(67-91-78(83)61-53-45-39-38-43-51-59-73(8)10-2)97-80(85)63-55-47-37-31-30-33-41-49-57-71(5)6/h70-76,81H,9-69H2,1-8H3,(H,86,87)(H,88,89)/t72?,73?,74-,75-,76-/m1/s1. The third-order valence-corrected chi connectivity index (χ3v) is 21.2. The Labute approximate surface area is 607 Å². The van der Waals surface area contributed by atoms with Crippen LogP contribution in [0.15, 0.2) is 0 Å². The van der Waals surface area contributed by atoms with Crippen LogP contribution in [0.1, 0.15) is 409 Å². The van der Waals surface area contributed by atoms with Crippen molar-refractivity contribution in [3.63, 3.8) is 0 Å². The van der Waals surface area contributed by atoms with E-state index in [2.05, 4.69) is 55.4 Å². The zero-order chi connectivity index (χ0) is 73.1. The SMILES string of the molecule is CCC(C)CCCCCCCCCCCCCCCCCCCCC(=O)OC[C@H](COP(=O)(O)OC[C@@H](O)COP(=O)(O)OC[C@@H](COC(=O)CCCCCCCCC(C)CC)OC(=O)CCCCCCCCCCC(C)C)OC(=O)CCCCCCCCCCCCCCCC(C)C. The molecule has 7 atom stereocenters. The largest absolute Gasteiger partial charge is 0.472 e. The fraction of sp³-hybridized carbons (Fsp3) is 0.950. The van der Waals surface area contributed by atoms with E-state index in [0.29, 0.717) is 25.7 Å². The quantitative estimate of drug-likeness (QED) is 0.0222. The molecule has 0 aliphatic carbocycles. The second kappa shape index (κ2) is 69.1. The number of phosphoric ester groups is 2. The van der Waals surface area contributed by atoms with E-state index in [4.69, 9.17) is 37.0 Å². The lowest BCUT2D eigenvalue weighted by Gasteiger charge is -2.21. The Hall–Kier alpha value is -1.94. The van der Waals surface area contributed by atoms with E-state index in [9.17, 15) is 43.2 Å². The molecule has 0 bridgehead atoms. The van der Waals surface area contributed by atoms with Crippen molar-refractivity contribution in [1.29, 1.82) is 0 Å². The van der Waals surface area contributed by atoms with Crippen LogP contribution in [0.4, 0.5) is 0 Å². The average Bonchev–Trinajstić information content (AvgIpc) is 3.18. The highest BCUT2D eigenvalue weighted by molar-refractivity contribution is 7.47. The second-order valence-electron chi connectivity index (χ2n) is 30.2. The summed E-state index contributed by atoms with van der Waals surface area (Å²) >= 11 is 0. The molecule has 19 heteroatoms. The van der Waals surface area contributed by atoms with Gasteiger partial charge in [-0.3, -0.25) is 37.3 Å². The van der Waals surface area contributed by atoms with Gasteiger partial charge < -0.3 is 33.8 Å². The minimum Gasteiger partial charge on any atom is -0.462 e. The Bertz CT molecular complexity index is 1940. The Morgan fingerprint density at radius 1 is 0.283 bits per heavy atom. The first kappa shape index (κ1) is 97.1. The van der Waals surface area contributed by atoms with Crippen LogP contribution in [0, 0.1) is 23.7 Å². The van der Waals surface area contributed by atoms with Gasteiger partial charge in [0.25, 0.3) is 0 Å². The predicted molar refractivity (Wildman–Crippen MR) is 404 cm³/mol. The van der Waals surface area contributed by atoms with Crippen LogP contribution in [0.5, 0.6) is 0 Å². The number of aliphatic hydroxyl groups is 1.